The predicted octanol–water partition coefficient (Wildman–Crippen LogP) is 1.45. The monoisotopic (exact) mass is 298 g/mol. The summed E-state index contributed by atoms with van der Waals surface area (Å²) in [6, 6.07) is 1.51. The van der Waals surface area contributed by atoms with Gasteiger partial charge in [-0.3, -0.25) is 4.79 Å². The molecule has 1 aromatic heterocycles. The normalized spacial score (nSPS) is 22.1. The lowest BCUT2D eigenvalue weighted by molar-refractivity contribution is -0.148. The number of aromatic amines is 1. The molecule has 0 radical (unpaired) electrons. The van der Waals surface area contributed by atoms with Crippen LogP contribution in [0.25, 0.3) is 0 Å². The number of hydrogen-bond acceptors (Lipinski definition) is 5. The molecular formula is C13H18N2O4S. The zero-order valence-corrected chi connectivity index (χ0v) is 12.1. The van der Waals surface area contributed by atoms with Crippen LogP contribution in [0.4, 0.5) is 0 Å². The van der Waals surface area contributed by atoms with E-state index in [1.807, 2.05) is 6.92 Å². The first kappa shape index (κ1) is 15.1. The van der Waals surface area contributed by atoms with Crippen molar-refractivity contribution in [1.82, 2.24) is 9.97 Å². The molecule has 0 aliphatic carbocycles. The Bertz CT molecular complexity index is 531. The molecule has 1 aromatic rings. The van der Waals surface area contributed by atoms with Crippen molar-refractivity contribution in [1.29, 1.82) is 0 Å². The average molecular weight is 298 g/mol. The van der Waals surface area contributed by atoms with Crippen LogP contribution < -0.4 is 5.56 Å². The van der Waals surface area contributed by atoms with Crippen LogP contribution in [0.15, 0.2) is 16.0 Å². The molecule has 20 heavy (non-hydrogen) atoms. The van der Waals surface area contributed by atoms with E-state index >= 15 is 0 Å². The van der Waals surface area contributed by atoms with Gasteiger partial charge in [0.2, 0.25) is 0 Å². The maximum atomic E-state index is 11.5. The molecule has 2 rings (SSSR count). The second-order valence-corrected chi connectivity index (χ2v) is 5.77. The van der Waals surface area contributed by atoms with Crippen molar-refractivity contribution >= 4 is 17.7 Å². The first-order valence-electron chi connectivity index (χ1n) is 6.69. The van der Waals surface area contributed by atoms with Crippen LogP contribution in [0.2, 0.25) is 0 Å². The highest BCUT2D eigenvalue weighted by atomic mass is 32.2. The van der Waals surface area contributed by atoms with Crippen LogP contribution in [0.5, 0.6) is 0 Å². The van der Waals surface area contributed by atoms with E-state index in [4.69, 9.17) is 9.84 Å². The molecule has 110 valence electrons. The third-order valence-corrected chi connectivity index (χ3v) is 4.07. The summed E-state index contributed by atoms with van der Waals surface area (Å²) < 4.78 is 5.41. The van der Waals surface area contributed by atoms with Gasteiger partial charge in [0.05, 0.1) is 6.10 Å². The molecule has 1 aliphatic heterocycles. The van der Waals surface area contributed by atoms with E-state index in [2.05, 4.69) is 9.97 Å². The fourth-order valence-corrected chi connectivity index (χ4v) is 3.06. The first-order chi connectivity index (χ1) is 9.58. The van der Waals surface area contributed by atoms with Gasteiger partial charge in [-0.25, -0.2) is 9.78 Å². The number of carboxylic acid groups (broad SMARTS) is 1. The number of rotatable bonds is 6. The summed E-state index contributed by atoms with van der Waals surface area (Å²) in [6.07, 6.45) is 2.19. The lowest BCUT2D eigenvalue weighted by atomic mass is 10.2. The van der Waals surface area contributed by atoms with Crippen molar-refractivity contribution in [3.05, 3.63) is 22.1 Å². The highest BCUT2D eigenvalue weighted by molar-refractivity contribution is 7.99. The number of thioether (sulfide) groups is 1. The van der Waals surface area contributed by atoms with Gasteiger partial charge in [0.1, 0.15) is 0 Å². The smallest absolute Gasteiger partial charge is 0.332 e. The Labute approximate surface area is 121 Å². The van der Waals surface area contributed by atoms with E-state index in [9.17, 15) is 9.59 Å². The van der Waals surface area contributed by atoms with Crippen molar-refractivity contribution in [2.24, 2.45) is 0 Å². The van der Waals surface area contributed by atoms with Gasteiger partial charge in [0.25, 0.3) is 5.56 Å². The van der Waals surface area contributed by atoms with Crippen molar-refractivity contribution in [3.63, 3.8) is 0 Å². The number of carboxylic acids is 1. The molecule has 1 fully saturated rings. The molecule has 0 bridgehead atoms. The maximum absolute atomic E-state index is 11.5. The second kappa shape index (κ2) is 6.90. The van der Waals surface area contributed by atoms with Gasteiger partial charge < -0.3 is 14.8 Å². The third kappa shape index (κ3) is 4.08. The van der Waals surface area contributed by atoms with Crippen LogP contribution >= 0.6 is 11.8 Å². The van der Waals surface area contributed by atoms with Crippen LogP contribution in [0.3, 0.4) is 0 Å². The molecule has 0 spiro atoms. The fraction of sp³-hybridized carbons (Fsp3) is 0.615. The number of aliphatic carboxylic acids is 1. The Morgan fingerprint density at radius 2 is 2.40 bits per heavy atom. The highest BCUT2D eigenvalue weighted by Crippen LogP contribution is 2.25. The third-order valence-electron chi connectivity index (χ3n) is 3.07. The Morgan fingerprint density at radius 1 is 1.60 bits per heavy atom. The molecule has 7 heteroatoms. The summed E-state index contributed by atoms with van der Waals surface area (Å²) in [5.74, 6) is -0.309. The van der Waals surface area contributed by atoms with Crippen LogP contribution in [0.1, 0.15) is 31.9 Å². The van der Waals surface area contributed by atoms with E-state index in [1.165, 1.54) is 17.8 Å². The number of ether oxygens (including phenoxy) is 1. The number of nitrogens with zero attached hydrogens (tertiary/aromatic N) is 1. The van der Waals surface area contributed by atoms with E-state index < -0.39 is 12.1 Å². The number of carbonyl (C=O) groups is 1. The minimum Gasteiger partial charge on any atom is -0.479 e. The number of nitrogens with one attached hydrogen (secondary N) is 1. The van der Waals surface area contributed by atoms with E-state index in [1.54, 1.807) is 0 Å². The molecule has 2 unspecified atom stereocenters. The molecule has 1 aliphatic rings. The SMILES string of the molecule is CCCc1cc(=O)[nH]c(SCC2CCC(C(=O)O)O2)n1. The van der Waals surface area contributed by atoms with Crippen molar-refractivity contribution in [2.75, 3.05) is 5.75 Å². The topological polar surface area (TPSA) is 92.3 Å². The number of H-pyrrole nitrogens is 1. The second-order valence-electron chi connectivity index (χ2n) is 4.77. The van der Waals surface area contributed by atoms with E-state index in [0.29, 0.717) is 17.3 Å². The Balaban J connectivity index is 1.91. The lowest BCUT2D eigenvalue weighted by Crippen LogP contribution is -2.21. The summed E-state index contributed by atoms with van der Waals surface area (Å²) in [5.41, 5.74) is 0.635. The van der Waals surface area contributed by atoms with Gasteiger partial charge in [-0.1, -0.05) is 25.1 Å². The molecule has 0 aromatic carbocycles. The fourth-order valence-electron chi connectivity index (χ4n) is 2.12. The average Bonchev–Trinajstić information content (AvgIpc) is 2.85. The summed E-state index contributed by atoms with van der Waals surface area (Å²) in [6.45, 7) is 2.04. The van der Waals surface area contributed by atoms with Crippen molar-refractivity contribution < 1.29 is 14.6 Å². The lowest BCUT2D eigenvalue weighted by Gasteiger charge is -2.10. The summed E-state index contributed by atoms with van der Waals surface area (Å²) in [5, 5.41) is 9.43. The zero-order valence-electron chi connectivity index (χ0n) is 11.3. The molecule has 0 amide bonds. The minimum atomic E-state index is -0.908. The number of hydrogen-bond donors (Lipinski definition) is 2. The van der Waals surface area contributed by atoms with Gasteiger partial charge in [0.15, 0.2) is 11.3 Å². The molecule has 2 N–H and O–H groups in total. The van der Waals surface area contributed by atoms with Gasteiger partial charge in [-0.2, -0.15) is 0 Å². The van der Waals surface area contributed by atoms with Gasteiger partial charge in [-0.05, 0) is 19.3 Å². The summed E-state index contributed by atoms with van der Waals surface area (Å²) in [7, 11) is 0. The predicted molar refractivity (Wildman–Crippen MR) is 75.1 cm³/mol. The van der Waals surface area contributed by atoms with Crippen molar-refractivity contribution in [2.45, 2.75) is 50.0 Å². The van der Waals surface area contributed by atoms with Crippen LogP contribution in [-0.2, 0) is 16.0 Å². The summed E-state index contributed by atoms with van der Waals surface area (Å²) in [4.78, 5) is 29.4. The summed E-state index contributed by atoms with van der Waals surface area (Å²) >= 11 is 1.40. The van der Waals surface area contributed by atoms with E-state index in [0.717, 1.165) is 25.0 Å². The number of aryl methyl sites for hydroxylation is 1. The Morgan fingerprint density at radius 3 is 3.05 bits per heavy atom. The van der Waals surface area contributed by atoms with Crippen LogP contribution in [-0.4, -0.2) is 39.0 Å². The minimum absolute atomic E-state index is 0.0961. The Hall–Kier alpha value is -1.34. The molecule has 2 heterocycles. The van der Waals surface area contributed by atoms with Crippen molar-refractivity contribution in [3.8, 4) is 0 Å². The van der Waals surface area contributed by atoms with Gasteiger partial charge in [0, 0.05) is 17.5 Å². The highest BCUT2D eigenvalue weighted by Gasteiger charge is 2.30. The first-order valence-corrected chi connectivity index (χ1v) is 7.68. The Kier molecular flexibility index (Phi) is 5.19. The van der Waals surface area contributed by atoms with E-state index in [-0.39, 0.29) is 11.7 Å². The molecule has 0 saturated carbocycles. The molecule has 1 saturated heterocycles. The molecule has 2 atom stereocenters. The number of aromatic nitrogens is 2. The largest absolute Gasteiger partial charge is 0.479 e. The maximum Gasteiger partial charge on any atom is 0.332 e. The van der Waals surface area contributed by atoms with Gasteiger partial charge >= 0.3 is 5.97 Å². The molecule has 6 nitrogen and oxygen atoms in total. The van der Waals surface area contributed by atoms with Crippen LogP contribution in [0, 0.1) is 0 Å². The van der Waals surface area contributed by atoms with Gasteiger partial charge in [-0.15, -0.1) is 0 Å². The zero-order chi connectivity index (χ0) is 14.5. The quantitative estimate of drug-likeness (QED) is 0.610. The standard InChI is InChI=1S/C13H18N2O4S/c1-2-3-8-6-11(16)15-13(14-8)20-7-9-4-5-10(19-9)12(17)18/h6,9-10H,2-5,7H2,1H3,(H,17,18)(H,14,15,16). The molecular weight excluding hydrogens is 280 g/mol.